The quantitative estimate of drug-likeness (QED) is 0.651. The van der Waals surface area contributed by atoms with E-state index in [1.807, 2.05) is 0 Å². The molecule has 1 aromatic heterocycles. The summed E-state index contributed by atoms with van der Waals surface area (Å²) in [6, 6.07) is 3.39. The molecule has 0 radical (unpaired) electrons. The summed E-state index contributed by atoms with van der Waals surface area (Å²) in [6.45, 7) is 5.70. The second kappa shape index (κ2) is 10.4. The maximum atomic E-state index is 13.0. The van der Waals surface area contributed by atoms with Crippen molar-refractivity contribution in [1.29, 1.82) is 0 Å². The monoisotopic (exact) mass is 394 g/mol. The molecule has 6 nitrogen and oxygen atoms in total. The van der Waals surface area contributed by atoms with Crippen LogP contribution in [0.3, 0.4) is 0 Å². The molecule has 2 fully saturated rings. The largest absolute Gasteiger partial charge is 0.369 e. The van der Waals surface area contributed by atoms with Gasteiger partial charge in [-0.05, 0) is 70.3 Å². The molecule has 1 N–H and O–H groups in total. The van der Waals surface area contributed by atoms with Crippen LogP contribution in [0.5, 0.6) is 0 Å². The van der Waals surface area contributed by atoms with E-state index in [9.17, 15) is 8.42 Å². The predicted molar refractivity (Wildman–Crippen MR) is 109 cm³/mol. The van der Waals surface area contributed by atoms with Crippen LogP contribution in [-0.2, 0) is 10.0 Å². The summed E-state index contributed by atoms with van der Waals surface area (Å²) in [4.78, 5) is 7.19. The van der Waals surface area contributed by atoms with Gasteiger partial charge in [0.1, 0.15) is 10.7 Å². The lowest BCUT2D eigenvalue weighted by molar-refractivity contribution is 0.224. The van der Waals surface area contributed by atoms with Crippen molar-refractivity contribution in [2.75, 3.05) is 44.6 Å². The van der Waals surface area contributed by atoms with Crippen LogP contribution in [0.4, 0.5) is 5.82 Å². The lowest BCUT2D eigenvalue weighted by Crippen LogP contribution is -2.36. The summed E-state index contributed by atoms with van der Waals surface area (Å²) < 4.78 is 27.5. The minimum atomic E-state index is -3.45. The molecule has 152 valence electrons. The van der Waals surface area contributed by atoms with Gasteiger partial charge in [0, 0.05) is 25.8 Å². The van der Waals surface area contributed by atoms with Crippen molar-refractivity contribution in [1.82, 2.24) is 14.2 Å². The van der Waals surface area contributed by atoms with Crippen LogP contribution >= 0.6 is 0 Å². The number of anilines is 1. The van der Waals surface area contributed by atoms with E-state index in [1.54, 1.807) is 22.6 Å². The van der Waals surface area contributed by atoms with Crippen molar-refractivity contribution in [3.8, 4) is 0 Å². The second-order valence-electron chi connectivity index (χ2n) is 7.70. The lowest BCUT2D eigenvalue weighted by Gasteiger charge is -2.26. The number of hydrogen-bond acceptors (Lipinski definition) is 5. The van der Waals surface area contributed by atoms with Crippen LogP contribution in [0.2, 0.25) is 0 Å². The Morgan fingerprint density at radius 3 is 2.37 bits per heavy atom. The maximum absolute atomic E-state index is 13.0. The van der Waals surface area contributed by atoms with Gasteiger partial charge in [-0.1, -0.05) is 19.3 Å². The molecular weight excluding hydrogens is 360 g/mol. The van der Waals surface area contributed by atoms with Crippen LogP contribution in [0.25, 0.3) is 0 Å². The van der Waals surface area contributed by atoms with Gasteiger partial charge >= 0.3 is 0 Å². The molecule has 0 amide bonds. The van der Waals surface area contributed by atoms with E-state index in [-0.39, 0.29) is 0 Å². The van der Waals surface area contributed by atoms with Gasteiger partial charge in [0.15, 0.2) is 0 Å². The molecular formula is C20H34N4O2S. The highest BCUT2D eigenvalue weighted by Gasteiger charge is 2.28. The fraction of sp³-hybridized carbons (Fsp3) is 0.750. The van der Waals surface area contributed by atoms with Crippen molar-refractivity contribution in [2.45, 2.75) is 62.7 Å². The highest BCUT2D eigenvalue weighted by atomic mass is 32.2. The van der Waals surface area contributed by atoms with Crippen molar-refractivity contribution in [3.63, 3.8) is 0 Å². The van der Waals surface area contributed by atoms with E-state index in [2.05, 4.69) is 15.2 Å². The van der Waals surface area contributed by atoms with Crippen molar-refractivity contribution in [3.05, 3.63) is 18.3 Å². The molecule has 0 aromatic carbocycles. The summed E-state index contributed by atoms with van der Waals surface area (Å²) in [5, 5.41) is 3.27. The fourth-order valence-electron chi connectivity index (χ4n) is 4.00. The minimum Gasteiger partial charge on any atom is -0.369 e. The number of unbranched alkanes of at least 4 members (excludes halogenated alkanes) is 2. The number of hydrogen-bond donors (Lipinski definition) is 1. The molecule has 0 spiro atoms. The van der Waals surface area contributed by atoms with Crippen molar-refractivity contribution < 1.29 is 8.42 Å². The second-order valence-corrected chi connectivity index (χ2v) is 9.61. The zero-order valence-corrected chi connectivity index (χ0v) is 17.2. The number of sulfonamides is 1. The highest BCUT2D eigenvalue weighted by Crippen LogP contribution is 2.25. The minimum absolute atomic E-state index is 0.320. The number of aromatic nitrogens is 1. The first-order valence-electron chi connectivity index (χ1n) is 10.6. The van der Waals surface area contributed by atoms with Crippen LogP contribution in [0.15, 0.2) is 23.2 Å². The first kappa shape index (κ1) is 20.6. The predicted octanol–water partition coefficient (Wildman–Crippen LogP) is 3.32. The number of piperidine rings is 2. The third-order valence-electron chi connectivity index (χ3n) is 5.60. The normalized spacial score (nSPS) is 19.9. The molecule has 3 rings (SSSR count). The van der Waals surface area contributed by atoms with Gasteiger partial charge in [0.25, 0.3) is 0 Å². The first-order valence-corrected chi connectivity index (χ1v) is 12.0. The Bertz CT molecular complexity index is 668. The lowest BCUT2D eigenvalue weighted by atomic mass is 10.1. The summed E-state index contributed by atoms with van der Waals surface area (Å²) in [5.41, 5.74) is 0. The van der Waals surface area contributed by atoms with Gasteiger partial charge in [0.05, 0.1) is 0 Å². The van der Waals surface area contributed by atoms with Crippen molar-refractivity contribution in [2.24, 2.45) is 0 Å². The van der Waals surface area contributed by atoms with Gasteiger partial charge in [0.2, 0.25) is 10.0 Å². The third-order valence-corrected chi connectivity index (χ3v) is 7.53. The summed E-state index contributed by atoms with van der Waals surface area (Å²) in [5.74, 6) is 0.499. The number of nitrogens with one attached hydrogen (secondary N) is 1. The van der Waals surface area contributed by atoms with E-state index in [1.165, 1.54) is 45.3 Å². The molecule has 0 atom stereocenters. The standard InChI is InChI=1S/C20H34N4O2S/c25-27(26,24-17-8-3-9-18-24)19-11-10-13-22-20(19)21-12-4-1-5-14-23-15-6-2-7-16-23/h10-11,13H,1-9,12,14-18H2,(H,21,22). The van der Waals surface area contributed by atoms with Crippen LogP contribution in [0.1, 0.15) is 57.8 Å². The smallest absolute Gasteiger partial charge is 0.246 e. The number of likely N-dealkylation sites (tertiary alicyclic amines) is 1. The zero-order chi connectivity index (χ0) is 19.0. The Balaban J connectivity index is 1.46. The van der Waals surface area contributed by atoms with Crippen molar-refractivity contribution >= 4 is 15.8 Å². The summed E-state index contributed by atoms with van der Waals surface area (Å²) >= 11 is 0. The molecule has 0 unspecified atom stereocenters. The zero-order valence-electron chi connectivity index (χ0n) is 16.4. The molecule has 3 heterocycles. The van der Waals surface area contributed by atoms with Crippen LogP contribution in [-0.4, -0.2) is 61.9 Å². The van der Waals surface area contributed by atoms with E-state index in [4.69, 9.17) is 0 Å². The molecule has 2 aliphatic rings. The van der Waals surface area contributed by atoms with Crippen LogP contribution < -0.4 is 5.32 Å². The van der Waals surface area contributed by atoms with Crippen LogP contribution in [0, 0.1) is 0 Å². The van der Waals surface area contributed by atoms with Gasteiger partial charge < -0.3 is 10.2 Å². The van der Waals surface area contributed by atoms with E-state index >= 15 is 0 Å². The summed E-state index contributed by atoms with van der Waals surface area (Å²) in [6.07, 6.45) is 12.1. The van der Waals surface area contributed by atoms with E-state index in [0.29, 0.717) is 23.8 Å². The van der Waals surface area contributed by atoms with E-state index in [0.717, 1.165) is 38.6 Å². The Morgan fingerprint density at radius 2 is 1.63 bits per heavy atom. The molecule has 0 aliphatic carbocycles. The Kier molecular flexibility index (Phi) is 7.91. The molecule has 27 heavy (non-hydrogen) atoms. The molecule has 7 heteroatoms. The first-order chi connectivity index (χ1) is 13.2. The molecule has 1 aromatic rings. The average molecular weight is 395 g/mol. The molecule has 0 bridgehead atoms. The van der Waals surface area contributed by atoms with Gasteiger partial charge in [-0.2, -0.15) is 4.31 Å². The van der Waals surface area contributed by atoms with Gasteiger partial charge in [-0.25, -0.2) is 13.4 Å². The topological polar surface area (TPSA) is 65.5 Å². The van der Waals surface area contributed by atoms with Gasteiger partial charge in [-0.3, -0.25) is 0 Å². The fourth-order valence-corrected chi connectivity index (χ4v) is 5.64. The number of rotatable bonds is 9. The Morgan fingerprint density at radius 1 is 0.926 bits per heavy atom. The Hall–Kier alpha value is -1.18. The molecule has 2 aliphatic heterocycles. The van der Waals surface area contributed by atoms with Gasteiger partial charge in [-0.15, -0.1) is 0 Å². The molecule has 2 saturated heterocycles. The van der Waals surface area contributed by atoms with E-state index < -0.39 is 10.0 Å². The summed E-state index contributed by atoms with van der Waals surface area (Å²) in [7, 11) is -3.45. The highest BCUT2D eigenvalue weighted by molar-refractivity contribution is 7.89. The molecule has 0 saturated carbocycles. The number of nitrogens with zero attached hydrogens (tertiary/aromatic N) is 3. The maximum Gasteiger partial charge on any atom is 0.246 e. The number of pyridine rings is 1. The Labute approximate surface area is 164 Å². The average Bonchev–Trinajstić information content (AvgIpc) is 2.72. The third kappa shape index (κ3) is 5.90. The SMILES string of the molecule is O=S(=O)(c1cccnc1NCCCCCN1CCCCC1)N1CCCCC1.